The summed E-state index contributed by atoms with van der Waals surface area (Å²) in [5.41, 5.74) is 5.43. The van der Waals surface area contributed by atoms with E-state index in [-0.39, 0.29) is 25.0 Å². The molecule has 3 aromatic rings. The number of anilines is 2. The number of amides is 2. The zero-order valence-corrected chi connectivity index (χ0v) is 18.5. The van der Waals surface area contributed by atoms with Crippen molar-refractivity contribution in [1.82, 2.24) is 0 Å². The SMILES string of the molecule is Cc1ccc(C)c(OCC(=O)Nc2ccc3c(c2)N(Cc2ccccc2C)C(=O)CO3)c1. The van der Waals surface area contributed by atoms with E-state index in [1.54, 1.807) is 23.1 Å². The predicted molar refractivity (Wildman–Crippen MR) is 124 cm³/mol. The van der Waals surface area contributed by atoms with Crippen LogP contribution in [0.4, 0.5) is 11.4 Å². The number of benzene rings is 3. The van der Waals surface area contributed by atoms with Gasteiger partial charge in [0.1, 0.15) is 11.5 Å². The number of rotatable bonds is 6. The highest BCUT2D eigenvalue weighted by Gasteiger charge is 2.26. The molecule has 0 aliphatic carbocycles. The monoisotopic (exact) mass is 430 g/mol. The molecule has 0 aromatic heterocycles. The fourth-order valence-corrected chi connectivity index (χ4v) is 3.61. The first-order valence-corrected chi connectivity index (χ1v) is 10.5. The van der Waals surface area contributed by atoms with E-state index in [1.807, 2.05) is 63.2 Å². The Morgan fingerprint density at radius 3 is 2.66 bits per heavy atom. The topological polar surface area (TPSA) is 67.9 Å². The fourth-order valence-electron chi connectivity index (χ4n) is 3.61. The van der Waals surface area contributed by atoms with Crippen molar-refractivity contribution in [2.75, 3.05) is 23.4 Å². The summed E-state index contributed by atoms with van der Waals surface area (Å²) in [6, 6.07) is 19.1. The number of ether oxygens (including phenoxy) is 2. The second-order valence-corrected chi connectivity index (χ2v) is 7.98. The van der Waals surface area contributed by atoms with E-state index in [4.69, 9.17) is 9.47 Å². The van der Waals surface area contributed by atoms with Crippen LogP contribution >= 0.6 is 0 Å². The van der Waals surface area contributed by atoms with Crippen LogP contribution in [0.2, 0.25) is 0 Å². The third kappa shape index (κ3) is 4.75. The minimum absolute atomic E-state index is 0.00568. The lowest BCUT2D eigenvalue weighted by atomic mass is 10.1. The Morgan fingerprint density at radius 2 is 1.84 bits per heavy atom. The molecular weight excluding hydrogens is 404 g/mol. The summed E-state index contributed by atoms with van der Waals surface area (Å²) < 4.78 is 11.3. The molecule has 0 atom stereocenters. The Labute approximate surface area is 187 Å². The minimum Gasteiger partial charge on any atom is -0.483 e. The number of aryl methyl sites for hydroxylation is 3. The zero-order chi connectivity index (χ0) is 22.7. The fraction of sp³-hybridized carbons (Fsp3) is 0.231. The van der Waals surface area contributed by atoms with Crippen molar-refractivity contribution in [2.45, 2.75) is 27.3 Å². The zero-order valence-electron chi connectivity index (χ0n) is 18.5. The van der Waals surface area contributed by atoms with Crippen molar-refractivity contribution in [2.24, 2.45) is 0 Å². The van der Waals surface area contributed by atoms with Crippen LogP contribution in [-0.4, -0.2) is 25.0 Å². The van der Waals surface area contributed by atoms with Crippen LogP contribution in [-0.2, 0) is 16.1 Å². The lowest BCUT2D eigenvalue weighted by molar-refractivity contribution is -0.121. The normalized spacial score (nSPS) is 12.7. The van der Waals surface area contributed by atoms with E-state index >= 15 is 0 Å². The van der Waals surface area contributed by atoms with Gasteiger partial charge < -0.3 is 19.7 Å². The molecule has 0 spiro atoms. The van der Waals surface area contributed by atoms with Crippen LogP contribution in [0, 0.1) is 20.8 Å². The van der Waals surface area contributed by atoms with E-state index in [2.05, 4.69) is 5.32 Å². The van der Waals surface area contributed by atoms with Crippen LogP contribution in [0.5, 0.6) is 11.5 Å². The molecule has 1 aliphatic heterocycles. The summed E-state index contributed by atoms with van der Waals surface area (Å²) in [4.78, 5) is 26.8. The average Bonchev–Trinajstić information content (AvgIpc) is 2.77. The summed E-state index contributed by atoms with van der Waals surface area (Å²) in [5.74, 6) is 0.902. The van der Waals surface area contributed by atoms with Gasteiger partial charge in [0.15, 0.2) is 13.2 Å². The number of fused-ring (bicyclic) bond motifs is 1. The van der Waals surface area contributed by atoms with Gasteiger partial charge in [-0.3, -0.25) is 9.59 Å². The molecule has 6 heteroatoms. The Kier molecular flexibility index (Phi) is 6.12. The maximum atomic E-state index is 12.6. The molecule has 0 unspecified atom stereocenters. The van der Waals surface area contributed by atoms with Gasteiger partial charge >= 0.3 is 0 Å². The quantitative estimate of drug-likeness (QED) is 0.623. The molecule has 2 amide bonds. The molecule has 0 saturated carbocycles. The van der Waals surface area contributed by atoms with Gasteiger partial charge in [0.2, 0.25) is 0 Å². The van der Waals surface area contributed by atoms with Crippen molar-refractivity contribution >= 4 is 23.2 Å². The van der Waals surface area contributed by atoms with Crippen molar-refractivity contribution in [1.29, 1.82) is 0 Å². The third-order valence-electron chi connectivity index (χ3n) is 5.48. The molecule has 32 heavy (non-hydrogen) atoms. The van der Waals surface area contributed by atoms with Gasteiger partial charge in [-0.15, -0.1) is 0 Å². The standard InChI is InChI=1S/C26H26N2O4/c1-17-8-9-19(3)24(12-17)31-15-25(29)27-21-10-11-23-22(13-21)28(26(30)16-32-23)14-20-7-5-4-6-18(20)2/h4-13H,14-16H2,1-3H3,(H,27,29). The summed E-state index contributed by atoms with van der Waals surface area (Å²) in [6.45, 7) is 6.27. The van der Waals surface area contributed by atoms with E-state index in [0.717, 1.165) is 22.3 Å². The Morgan fingerprint density at radius 1 is 1.03 bits per heavy atom. The van der Waals surface area contributed by atoms with Gasteiger partial charge in [-0.25, -0.2) is 0 Å². The number of nitrogens with one attached hydrogen (secondary N) is 1. The second-order valence-electron chi connectivity index (χ2n) is 7.98. The molecule has 1 N–H and O–H groups in total. The van der Waals surface area contributed by atoms with Crippen LogP contribution in [0.25, 0.3) is 0 Å². The highest BCUT2D eigenvalue weighted by molar-refractivity contribution is 5.99. The molecule has 6 nitrogen and oxygen atoms in total. The third-order valence-corrected chi connectivity index (χ3v) is 5.48. The van der Waals surface area contributed by atoms with Crippen LogP contribution < -0.4 is 19.7 Å². The molecule has 1 aliphatic rings. The maximum absolute atomic E-state index is 12.6. The largest absolute Gasteiger partial charge is 0.483 e. The lowest BCUT2D eigenvalue weighted by Gasteiger charge is -2.30. The molecule has 0 saturated heterocycles. The first-order valence-electron chi connectivity index (χ1n) is 10.5. The summed E-state index contributed by atoms with van der Waals surface area (Å²) >= 11 is 0. The van der Waals surface area contributed by atoms with Crippen LogP contribution in [0.3, 0.4) is 0 Å². The smallest absolute Gasteiger partial charge is 0.265 e. The van der Waals surface area contributed by atoms with Crippen molar-refractivity contribution in [3.8, 4) is 11.5 Å². The van der Waals surface area contributed by atoms with E-state index in [9.17, 15) is 9.59 Å². The van der Waals surface area contributed by atoms with Gasteiger partial charge in [-0.05, 0) is 67.3 Å². The number of carbonyl (C=O) groups excluding carboxylic acids is 2. The van der Waals surface area contributed by atoms with Gasteiger partial charge in [0.05, 0.1) is 12.2 Å². The molecular formula is C26H26N2O4. The number of hydrogen-bond acceptors (Lipinski definition) is 4. The van der Waals surface area contributed by atoms with E-state index in [0.29, 0.717) is 29.4 Å². The van der Waals surface area contributed by atoms with Crippen LogP contribution in [0.1, 0.15) is 22.3 Å². The first-order chi connectivity index (χ1) is 15.4. The second kappa shape index (κ2) is 9.14. The maximum Gasteiger partial charge on any atom is 0.265 e. The van der Waals surface area contributed by atoms with Crippen molar-refractivity contribution in [3.63, 3.8) is 0 Å². The van der Waals surface area contributed by atoms with Crippen molar-refractivity contribution in [3.05, 3.63) is 82.9 Å². The Hall–Kier alpha value is -3.80. The number of nitrogens with zero attached hydrogens (tertiary/aromatic N) is 1. The van der Waals surface area contributed by atoms with Gasteiger partial charge in [0, 0.05) is 5.69 Å². The average molecular weight is 431 g/mol. The van der Waals surface area contributed by atoms with Gasteiger partial charge in [-0.2, -0.15) is 0 Å². The molecule has 164 valence electrons. The highest BCUT2D eigenvalue weighted by Crippen LogP contribution is 2.35. The lowest BCUT2D eigenvalue weighted by Crippen LogP contribution is -2.38. The molecule has 0 fully saturated rings. The van der Waals surface area contributed by atoms with E-state index in [1.165, 1.54) is 0 Å². The molecule has 0 bridgehead atoms. The number of carbonyl (C=O) groups is 2. The van der Waals surface area contributed by atoms with Crippen LogP contribution in [0.15, 0.2) is 60.7 Å². The Balaban J connectivity index is 1.49. The van der Waals surface area contributed by atoms with Gasteiger partial charge in [0.25, 0.3) is 11.8 Å². The highest BCUT2D eigenvalue weighted by atomic mass is 16.5. The molecule has 1 heterocycles. The summed E-state index contributed by atoms with van der Waals surface area (Å²) in [5, 5.41) is 2.85. The molecule has 3 aromatic carbocycles. The summed E-state index contributed by atoms with van der Waals surface area (Å²) in [6.07, 6.45) is 0. The number of hydrogen-bond donors (Lipinski definition) is 1. The first kappa shape index (κ1) is 21.4. The Bertz CT molecular complexity index is 1170. The minimum atomic E-state index is -0.278. The van der Waals surface area contributed by atoms with Crippen molar-refractivity contribution < 1.29 is 19.1 Å². The summed E-state index contributed by atoms with van der Waals surface area (Å²) in [7, 11) is 0. The molecule has 0 radical (unpaired) electrons. The predicted octanol–water partition coefficient (Wildman–Crippen LogP) is 4.55. The molecule has 4 rings (SSSR count). The van der Waals surface area contributed by atoms with Gasteiger partial charge in [-0.1, -0.05) is 36.4 Å². The van der Waals surface area contributed by atoms with E-state index < -0.39 is 0 Å².